The molecule has 0 aromatic heterocycles. The Kier molecular flexibility index (Phi) is 28.5. The molecule has 3 N–H and O–H groups in total. The summed E-state index contributed by atoms with van der Waals surface area (Å²) < 4.78 is 0. The number of anilines is 2. The van der Waals surface area contributed by atoms with Crippen molar-refractivity contribution in [1.29, 1.82) is 0 Å². The Labute approximate surface area is 349 Å². The molecule has 2 aliphatic carbocycles. The first-order chi connectivity index (χ1) is 25.1. The van der Waals surface area contributed by atoms with Crippen molar-refractivity contribution in [3.8, 4) is 0 Å². The molecule has 2 saturated carbocycles. The number of hydrazine groups is 1. The summed E-state index contributed by atoms with van der Waals surface area (Å²) in [5, 5.41) is 1.98. The third-order valence-corrected chi connectivity index (χ3v) is 10.4. The second-order valence-corrected chi connectivity index (χ2v) is 15.4. The first-order valence-corrected chi connectivity index (χ1v) is 24.1. The Morgan fingerprint density at radius 1 is 0.769 bits per heavy atom. The molecule has 0 saturated heterocycles. The first-order valence-electron chi connectivity index (χ1n) is 19.6. The third kappa shape index (κ3) is 19.5. The fraction of sp³-hybridized carbons (Fsp3) is 0.667. The second kappa shape index (κ2) is 29.9. The van der Waals surface area contributed by atoms with Crippen LogP contribution in [0.5, 0.6) is 0 Å². The second-order valence-electron chi connectivity index (χ2n) is 15.4. The molecule has 2 heterocycles. The van der Waals surface area contributed by atoms with Gasteiger partial charge in [-0.15, -0.1) is 6.67 Å². The summed E-state index contributed by atoms with van der Waals surface area (Å²) in [4.78, 5) is 6.11. The van der Waals surface area contributed by atoms with Gasteiger partial charge in [-0.3, -0.25) is 5.43 Å². The molecule has 2 aliphatic heterocycles. The predicted octanol–water partition coefficient (Wildman–Crippen LogP) is 11.8. The van der Waals surface area contributed by atoms with E-state index in [9.17, 15) is 0 Å². The van der Waals surface area contributed by atoms with Crippen LogP contribution in [0.4, 0.5) is 11.4 Å². The van der Waals surface area contributed by atoms with E-state index < -0.39 is 0 Å². The maximum atomic E-state index is 6.19. The number of halogens is 2. The normalized spacial score (nSPS) is 23.3. The van der Waals surface area contributed by atoms with Gasteiger partial charge in [-0.1, -0.05) is 118 Å². The number of hydrogen-bond acceptors (Lipinski definition) is 6. The number of nitrogens with one attached hydrogen (secondary N) is 1. The minimum absolute atomic E-state index is 0.00796. The van der Waals surface area contributed by atoms with Gasteiger partial charge in [0.15, 0.2) is 0 Å². The van der Waals surface area contributed by atoms with E-state index in [1.165, 1.54) is 57.8 Å². The molecule has 0 bridgehead atoms. The Bertz CT molecular complexity index is 1050. The molecular weight excluding hydrogens is 862 g/mol. The van der Waals surface area contributed by atoms with Crippen molar-refractivity contribution in [2.24, 2.45) is 41.2 Å². The number of nitrogens with two attached hydrogens (primary N) is 1. The van der Waals surface area contributed by atoms with Crippen molar-refractivity contribution in [1.82, 2.24) is 15.3 Å². The SMILES string of the molecule is CC1C[CH-]CC(C(C)C)CC1.CC1C[CH-]CC(C(C)C)CC1.CCCCNN1C=CN(c2[c-]c[c-]c(N3C=CN(C(N)CCC)[CH-]3)c2)[CH-]1.[Cl][Ru+3].[Cl][Ru+3]. The summed E-state index contributed by atoms with van der Waals surface area (Å²) in [6.45, 7) is 23.5. The molecule has 2 fully saturated rings. The van der Waals surface area contributed by atoms with Crippen molar-refractivity contribution < 1.29 is 34.6 Å². The Balaban J connectivity index is 0.000000430. The summed E-state index contributed by atoms with van der Waals surface area (Å²) >= 11 is 3.64. The zero-order valence-corrected chi connectivity index (χ0v) is 38.3. The van der Waals surface area contributed by atoms with Crippen molar-refractivity contribution in [2.45, 2.75) is 139 Å². The van der Waals surface area contributed by atoms with Crippen LogP contribution in [0.15, 0.2) is 36.9 Å². The van der Waals surface area contributed by atoms with Crippen LogP contribution in [0.1, 0.15) is 132 Å². The van der Waals surface area contributed by atoms with Gasteiger partial charge in [0.1, 0.15) is 0 Å². The molecule has 1 aromatic rings. The summed E-state index contributed by atoms with van der Waals surface area (Å²) in [7, 11) is 9.14. The number of unbranched alkanes of at least 4 members (excludes halogenated alkanes) is 1. The molecule has 52 heavy (non-hydrogen) atoms. The van der Waals surface area contributed by atoms with E-state index in [0.717, 1.165) is 72.7 Å². The van der Waals surface area contributed by atoms with Crippen molar-refractivity contribution in [3.63, 3.8) is 0 Å². The summed E-state index contributed by atoms with van der Waals surface area (Å²) in [5.41, 5.74) is 11.5. The van der Waals surface area contributed by atoms with Crippen molar-refractivity contribution in [2.75, 3.05) is 16.3 Å². The molecule has 1 aromatic carbocycles. The fourth-order valence-electron chi connectivity index (χ4n) is 6.69. The van der Waals surface area contributed by atoms with E-state index in [4.69, 9.17) is 5.73 Å². The van der Waals surface area contributed by atoms with Crippen molar-refractivity contribution >= 4 is 30.8 Å². The van der Waals surface area contributed by atoms with Crippen LogP contribution >= 0.6 is 19.4 Å². The number of benzene rings is 1. The van der Waals surface area contributed by atoms with E-state index >= 15 is 0 Å². The topological polar surface area (TPSA) is 51.0 Å². The molecule has 5 rings (SSSR count). The van der Waals surface area contributed by atoms with Gasteiger partial charge in [-0.05, 0) is 49.5 Å². The van der Waals surface area contributed by atoms with E-state index in [1.807, 2.05) is 98.5 Å². The molecule has 10 heteroatoms. The van der Waals surface area contributed by atoms with Crippen LogP contribution in [0.3, 0.4) is 0 Å². The molecule has 6 nitrogen and oxygen atoms in total. The molecule has 4 aliphatic rings. The van der Waals surface area contributed by atoms with Crippen LogP contribution in [0.25, 0.3) is 0 Å². The maximum absolute atomic E-state index is 6.19. The average molecular weight is 932 g/mol. The van der Waals surface area contributed by atoms with Gasteiger partial charge in [-0.25, -0.2) is 17.4 Å². The van der Waals surface area contributed by atoms with Crippen LogP contribution < -0.4 is 21.0 Å². The van der Waals surface area contributed by atoms with E-state index in [0.29, 0.717) is 0 Å². The predicted molar refractivity (Wildman–Crippen MR) is 218 cm³/mol. The number of nitrogens with zero attached hydrogens (tertiary/aromatic N) is 4. The molecule has 0 radical (unpaired) electrons. The van der Waals surface area contributed by atoms with Crippen molar-refractivity contribution in [3.05, 3.63) is 75.2 Å². The van der Waals surface area contributed by atoms with Gasteiger partial charge in [0.2, 0.25) is 0 Å². The quantitative estimate of drug-likeness (QED) is 0.0998. The molecular formula is C42H70Cl2N6Ru2. The van der Waals surface area contributed by atoms with E-state index in [1.54, 1.807) is 0 Å². The molecule has 5 atom stereocenters. The Morgan fingerprint density at radius 3 is 1.79 bits per heavy atom. The van der Waals surface area contributed by atoms with Gasteiger partial charge < -0.3 is 56.5 Å². The van der Waals surface area contributed by atoms with E-state index in [2.05, 4.69) is 111 Å². The summed E-state index contributed by atoms with van der Waals surface area (Å²) in [6, 6.07) is 10.4. The molecule has 5 unspecified atom stereocenters. The van der Waals surface area contributed by atoms with Crippen LogP contribution in [0, 0.1) is 73.8 Å². The third-order valence-electron chi connectivity index (χ3n) is 10.4. The first kappa shape index (κ1) is 49.7. The van der Waals surface area contributed by atoms with Gasteiger partial charge >= 0.3 is 54.0 Å². The number of rotatable bonds is 11. The average Bonchev–Trinajstić information content (AvgIpc) is 3.73. The van der Waals surface area contributed by atoms with Gasteiger partial charge in [0.05, 0.1) is 6.17 Å². The minimum atomic E-state index is 0.00796. The molecule has 0 amide bonds. The zero-order chi connectivity index (χ0) is 38.9. The fourth-order valence-corrected chi connectivity index (χ4v) is 6.69. The van der Waals surface area contributed by atoms with Gasteiger partial charge in [0.25, 0.3) is 0 Å². The standard InChI is InChI=1S/C20H28N6.2C11H21.2ClH.2Ru/c1-3-5-10-22-26-14-13-24(17-26)19-9-6-8-18(15-19)23-11-12-25(16-23)20(21)7-4-2;2*1-9(2)11-6-4-5-10(3)7-8-11;;;;/h6,11-17,20,22H,3-5,7,10,21H2,1-2H3;2*4,9-11H,5-8H2,1-3H3;2*1H;;/q-4;2*-1;;;2*+4/p-2. The van der Waals surface area contributed by atoms with Crippen LogP contribution in [0.2, 0.25) is 0 Å². The zero-order valence-electron chi connectivity index (χ0n) is 33.3. The van der Waals surface area contributed by atoms with Crippen LogP contribution in [-0.4, -0.2) is 22.6 Å². The number of hydrogen-bond donors (Lipinski definition) is 2. The van der Waals surface area contributed by atoms with Crippen LogP contribution in [-0.2, 0) is 34.6 Å². The Morgan fingerprint density at radius 2 is 1.29 bits per heavy atom. The summed E-state index contributed by atoms with van der Waals surface area (Å²) in [5.74, 6) is 5.60. The Hall–Kier alpha value is -0.353. The molecule has 298 valence electrons. The van der Waals surface area contributed by atoms with E-state index in [-0.39, 0.29) is 6.17 Å². The van der Waals surface area contributed by atoms with Gasteiger partial charge in [0, 0.05) is 6.54 Å². The molecule has 0 spiro atoms. The monoisotopic (exact) mass is 932 g/mol. The van der Waals surface area contributed by atoms with Gasteiger partial charge in [-0.2, -0.15) is 32.4 Å². The summed E-state index contributed by atoms with van der Waals surface area (Å²) in [6.07, 6.45) is 28.6.